The molecule has 1 N–H and O–H groups in total. The third-order valence-electron chi connectivity index (χ3n) is 5.31. The number of carbonyl (C=O) groups excluding carboxylic acids is 1. The van der Waals surface area contributed by atoms with Gasteiger partial charge in [-0.1, -0.05) is 32.9 Å². The number of hydrogen-bond acceptors (Lipinski definition) is 2. The van der Waals surface area contributed by atoms with Crippen molar-refractivity contribution in [3.63, 3.8) is 0 Å². The molecular formula is C22H29FN2OS. The van der Waals surface area contributed by atoms with Crippen LogP contribution in [0.2, 0.25) is 0 Å². The topological polar surface area (TPSA) is 32.3 Å². The van der Waals surface area contributed by atoms with E-state index in [1.165, 1.54) is 33.0 Å². The third-order valence-corrected chi connectivity index (χ3v) is 6.55. The number of hydrogen-bond donors (Lipinski definition) is 1. The molecule has 1 aliphatic heterocycles. The lowest BCUT2D eigenvalue weighted by molar-refractivity contribution is 0.180. The predicted molar refractivity (Wildman–Crippen MR) is 110 cm³/mol. The fourth-order valence-corrected chi connectivity index (χ4v) is 5.32. The monoisotopic (exact) mass is 388 g/mol. The zero-order valence-electron chi connectivity index (χ0n) is 16.6. The molecule has 5 heteroatoms. The summed E-state index contributed by atoms with van der Waals surface area (Å²) < 4.78 is 13.5. The lowest BCUT2D eigenvalue weighted by Gasteiger charge is -2.36. The number of fused-ring (bicyclic) bond motifs is 1. The number of urea groups is 1. The van der Waals surface area contributed by atoms with Crippen molar-refractivity contribution in [1.29, 1.82) is 0 Å². The lowest BCUT2D eigenvalue weighted by atomic mass is 9.92. The Balaban J connectivity index is 1.95. The first kappa shape index (κ1) is 19.9. The number of aryl methyl sites for hydroxylation is 1. The fraction of sp³-hybridized carbons (Fsp3) is 0.500. The molecule has 0 saturated carbocycles. The zero-order chi connectivity index (χ0) is 19.6. The Morgan fingerprint density at radius 1 is 1.33 bits per heavy atom. The molecule has 3 rings (SSSR count). The third kappa shape index (κ3) is 4.18. The minimum atomic E-state index is -0.251. The molecule has 1 aromatic heterocycles. The lowest BCUT2D eigenvalue weighted by Crippen LogP contribution is -2.46. The Morgan fingerprint density at radius 3 is 2.67 bits per heavy atom. The van der Waals surface area contributed by atoms with Crippen LogP contribution in [0.5, 0.6) is 0 Å². The van der Waals surface area contributed by atoms with E-state index >= 15 is 0 Å². The van der Waals surface area contributed by atoms with Crippen molar-refractivity contribution in [3.05, 3.63) is 56.5 Å². The van der Waals surface area contributed by atoms with Gasteiger partial charge in [0.05, 0.1) is 6.04 Å². The maximum atomic E-state index is 13.5. The summed E-state index contributed by atoms with van der Waals surface area (Å²) in [6.07, 6.45) is 2.86. The molecule has 1 aromatic carbocycles. The summed E-state index contributed by atoms with van der Waals surface area (Å²) in [6, 6.07) is 6.42. The first-order valence-electron chi connectivity index (χ1n) is 9.83. The molecule has 0 bridgehead atoms. The smallest absolute Gasteiger partial charge is 0.318 e. The van der Waals surface area contributed by atoms with Gasteiger partial charge in [-0.15, -0.1) is 11.3 Å². The van der Waals surface area contributed by atoms with Gasteiger partial charge in [-0.3, -0.25) is 0 Å². The van der Waals surface area contributed by atoms with Crippen molar-refractivity contribution in [2.45, 2.75) is 53.0 Å². The van der Waals surface area contributed by atoms with Gasteiger partial charge in [-0.05, 0) is 60.9 Å². The van der Waals surface area contributed by atoms with Crippen LogP contribution < -0.4 is 5.32 Å². The number of carbonyl (C=O) groups is 1. The minimum Gasteiger partial charge on any atom is -0.338 e. The van der Waals surface area contributed by atoms with Gasteiger partial charge >= 0.3 is 6.03 Å². The van der Waals surface area contributed by atoms with Crippen molar-refractivity contribution in [1.82, 2.24) is 10.2 Å². The maximum absolute atomic E-state index is 13.5. The second kappa shape index (κ2) is 8.42. The average Bonchev–Trinajstić information content (AvgIpc) is 2.96. The van der Waals surface area contributed by atoms with Crippen LogP contribution in [0.25, 0.3) is 0 Å². The summed E-state index contributed by atoms with van der Waals surface area (Å²) in [7, 11) is 0. The number of nitrogens with zero attached hydrogens (tertiary/aromatic N) is 1. The van der Waals surface area contributed by atoms with Crippen molar-refractivity contribution >= 4 is 17.4 Å². The Kier molecular flexibility index (Phi) is 6.20. The zero-order valence-corrected chi connectivity index (χ0v) is 17.5. The van der Waals surface area contributed by atoms with Gasteiger partial charge in [-0.25, -0.2) is 9.18 Å². The van der Waals surface area contributed by atoms with Crippen LogP contribution in [0.4, 0.5) is 9.18 Å². The number of benzene rings is 1. The molecule has 1 atom stereocenters. The molecule has 2 aromatic rings. The van der Waals surface area contributed by atoms with E-state index in [2.05, 4.69) is 33.0 Å². The Hall–Kier alpha value is -1.88. The number of nitrogens with one attached hydrogen (secondary N) is 1. The van der Waals surface area contributed by atoms with Gasteiger partial charge < -0.3 is 10.2 Å². The van der Waals surface area contributed by atoms with Crippen LogP contribution in [0.1, 0.15) is 59.7 Å². The highest BCUT2D eigenvalue weighted by molar-refractivity contribution is 7.12. The summed E-state index contributed by atoms with van der Waals surface area (Å²) >= 11 is 1.78. The van der Waals surface area contributed by atoms with Gasteiger partial charge in [-0.2, -0.15) is 0 Å². The average molecular weight is 389 g/mol. The van der Waals surface area contributed by atoms with E-state index in [0.29, 0.717) is 19.0 Å². The Bertz CT molecular complexity index is 797. The normalized spacial score (nSPS) is 16.5. The Morgan fingerprint density at radius 2 is 2.04 bits per heavy atom. The van der Waals surface area contributed by atoms with E-state index in [-0.39, 0.29) is 17.9 Å². The highest BCUT2D eigenvalue weighted by atomic mass is 32.1. The largest absolute Gasteiger partial charge is 0.338 e. The second-order valence-corrected chi connectivity index (χ2v) is 8.90. The standard InChI is InChI=1S/C22H29FN2OS/c1-5-18-15(4)27-21-19(18)11-13-25(22(26)24-12-10-14(2)3)20(21)16-6-8-17(23)9-7-16/h6-9,14,20H,5,10-13H2,1-4H3,(H,24,26). The summed E-state index contributed by atoms with van der Waals surface area (Å²) in [4.78, 5) is 17.4. The molecular weight excluding hydrogens is 359 g/mol. The van der Waals surface area contributed by atoms with Gasteiger partial charge in [0.1, 0.15) is 5.82 Å². The molecule has 0 aliphatic carbocycles. The van der Waals surface area contributed by atoms with Crippen LogP contribution in [-0.2, 0) is 12.8 Å². The van der Waals surface area contributed by atoms with Gasteiger partial charge in [0.15, 0.2) is 0 Å². The summed E-state index contributed by atoms with van der Waals surface area (Å²) in [5.41, 5.74) is 3.78. The summed E-state index contributed by atoms with van der Waals surface area (Å²) in [5, 5.41) is 3.08. The molecule has 2 amide bonds. The van der Waals surface area contributed by atoms with Gasteiger partial charge in [0.25, 0.3) is 0 Å². The molecule has 2 heterocycles. The van der Waals surface area contributed by atoms with E-state index in [4.69, 9.17) is 0 Å². The van der Waals surface area contributed by atoms with Gasteiger partial charge in [0.2, 0.25) is 0 Å². The molecule has 27 heavy (non-hydrogen) atoms. The van der Waals surface area contributed by atoms with Crippen LogP contribution in [0, 0.1) is 18.7 Å². The van der Waals surface area contributed by atoms with Crippen molar-refractivity contribution < 1.29 is 9.18 Å². The van der Waals surface area contributed by atoms with Crippen LogP contribution >= 0.6 is 11.3 Å². The van der Waals surface area contributed by atoms with Gasteiger partial charge in [0, 0.05) is 22.8 Å². The van der Waals surface area contributed by atoms with E-state index in [1.807, 2.05) is 17.0 Å². The van der Waals surface area contributed by atoms with E-state index in [1.54, 1.807) is 11.3 Å². The predicted octanol–water partition coefficient (Wildman–Crippen LogP) is 5.46. The molecule has 0 spiro atoms. The van der Waals surface area contributed by atoms with Crippen LogP contribution in [-0.4, -0.2) is 24.0 Å². The molecule has 0 radical (unpaired) electrons. The summed E-state index contributed by atoms with van der Waals surface area (Å²) in [6.45, 7) is 10.0. The highest BCUT2D eigenvalue weighted by Gasteiger charge is 2.35. The number of rotatable bonds is 5. The van der Waals surface area contributed by atoms with Crippen molar-refractivity contribution in [2.75, 3.05) is 13.1 Å². The summed E-state index contributed by atoms with van der Waals surface area (Å²) in [5.74, 6) is 0.303. The van der Waals surface area contributed by atoms with Crippen molar-refractivity contribution in [2.24, 2.45) is 5.92 Å². The molecule has 3 nitrogen and oxygen atoms in total. The van der Waals surface area contributed by atoms with Crippen LogP contribution in [0.15, 0.2) is 24.3 Å². The van der Waals surface area contributed by atoms with Crippen LogP contribution in [0.3, 0.4) is 0 Å². The first-order chi connectivity index (χ1) is 12.9. The molecule has 0 saturated heterocycles. The maximum Gasteiger partial charge on any atom is 0.318 e. The number of amides is 2. The van der Waals surface area contributed by atoms with E-state index in [0.717, 1.165) is 24.8 Å². The Labute approximate surface area is 165 Å². The number of thiophene rings is 1. The molecule has 1 unspecified atom stereocenters. The van der Waals surface area contributed by atoms with E-state index in [9.17, 15) is 9.18 Å². The SMILES string of the molecule is CCc1c(C)sc2c1CCN(C(=O)NCCC(C)C)C2c1ccc(F)cc1. The van der Waals surface area contributed by atoms with E-state index < -0.39 is 0 Å². The minimum absolute atomic E-state index is 0.0280. The number of halogens is 1. The highest BCUT2D eigenvalue weighted by Crippen LogP contribution is 2.42. The second-order valence-electron chi connectivity index (χ2n) is 7.65. The molecule has 146 valence electrons. The fourth-order valence-electron chi connectivity index (χ4n) is 3.87. The molecule has 0 fully saturated rings. The quantitative estimate of drug-likeness (QED) is 0.725. The molecule has 1 aliphatic rings. The van der Waals surface area contributed by atoms with Crippen molar-refractivity contribution in [3.8, 4) is 0 Å². The first-order valence-corrected chi connectivity index (χ1v) is 10.6.